The summed E-state index contributed by atoms with van der Waals surface area (Å²) in [5.74, 6) is -0.855. The predicted octanol–water partition coefficient (Wildman–Crippen LogP) is 9.36. The average molecular weight is 687 g/mol. The van der Waals surface area contributed by atoms with Crippen LogP contribution in [-0.4, -0.2) is 44.3 Å². The van der Waals surface area contributed by atoms with Gasteiger partial charge in [0.1, 0.15) is 11.4 Å². The van der Waals surface area contributed by atoms with Gasteiger partial charge in [-0.2, -0.15) is 0 Å². The van der Waals surface area contributed by atoms with Crippen molar-refractivity contribution in [2.45, 2.75) is 38.8 Å². The molecule has 4 aromatic heterocycles. The second-order valence-electron chi connectivity index (χ2n) is 13.0. The predicted molar refractivity (Wildman–Crippen MR) is 205 cm³/mol. The number of nitrogens with zero attached hydrogens (tertiary/aromatic N) is 4. The molecular weight excluding hydrogens is 649 g/mol. The summed E-state index contributed by atoms with van der Waals surface area (Å²) in [6, 6.07) is 40.7. The molecule has 0 aliphatic rings. The molecule has 8 aromatic rings. The van der Waals surface area contributed by atoms with Crippen molar-refractivity contribution in [2.75, 3.05) is 13.2 Å². The summed E-state index contributed by atoms with van der Waals surface area (Å²) in [4.78, 5) is 34.9. The minimum absolute atomic E-state index is 0.301. The number of unbranched alkanes of at least 4 members (excludes halogenated alkanes) is 3. The Hall–Kier alpha value is -6.28. The van der Waals surface area contributed by atoms with Crippen LogP contribution in [0.5, 0.6) is 0 Å². The molecule has 0 saturated carbocycles. The molecule has 0 bridgehead atoms. The summed E-state index contributed by atoms with van der Waals surface area (Å²) in [6.45, 7) is 2.03. The van der Waals surface area contributed by atoms with Gasteiger partial charge in [-0.3, -0.25) is 0 Å². The van der Waals surface area contributed by atoms with Crippen molar-refractivity contribution in [3.05, 3.63) is 156 Å². The van der Waals surface area contributed by atoms with Gasteiger partial charge in [0, 0.05) is 45.7 Å². The Kier molecular flexibility index (Phi) is 9.43. The van der Waals surface area contributed by atoms with Crippen LogP contribution < -0.4 is 0 Å². The first kappa shape index (κ1) is 32.9. The number of esters is 2. The Morgan fingerprint density at radius 3 is 1.31 bits per heavy atom. The highest BCUT2D eigenvalue weighted by molar-refractivity contribution is 6.10. The van der Waals surface area contributed by atoms with Crippen LogP contribution in [0.4, 0.5) is 0 Å². The number of carbonyl (C=O) groups is 2. The molecule has 52 heavy (non-hydrogen) atoms. The van der Waals surface area contributed by atoms with Crippen molar-refractivity contribution in [3.8, 4) is 0 Å². The molecule has 0 unspecified atom stereocenters. The van der Waals surface area contributed by atoms with Crippen LogP contribution in [0.1, 0.15) is 57.8 Å². The van der Waals surface area contributed by atoms with Gasteiger partial charge in [0.15, 0.2) is 0 Å². The zero-order valence-corrected chi connectivity index (χ0v) is 28.8. The number of para-hydroxylation sites is 2. The van der Waals surface area contributed by atoms with Crippen LogP contribution in [0.15, 0.2) is 134 Å². The summed E-state index contributed by atoms with van der Waals surface area (Å²) < 4.78 is 15.7. The fraction of sp³-hybridized carbons (Fsp3) is 0.182. The lowest BCUT2D eigenvalue weighted by Gasteiger charge is -2.08. The summed E-state index contributed by atoms with van der Waals surface area (Å²) in [5.41, 5.74) is 7.14. The maximum absolute atomic E-state index is 12.9. The van der Waals surface area contributed by atoms with Crippen LogP contribution >= 0.6 is 0 Å². The monoisotopic (exact) mass is 686 g/mol. The maximum Gasteiger partial charge on any atom is 0.356 e. The third-order valence-corrected chi connectivity index (χ3v) is 9.61. The number of pyridine rings is 2. The van der Waals surface area contributed by atoms with Crippen molar-refractivity contribution in [3.63, 3.8) is 0 Å². The Balaban J connectivity index is 0.820. The van der Waals surface area contributed by atoms with E-state index in [1.165, 1.54) is 11.1 Å². The Morgan fingerprint density at radius 2 is 0.865 bits per heavy atom. The lowest BCUT2D eigenvalue weighted by atomic mass is 10.1. The van der Waals surface area contributed by atoms with Gasteiger partial charge in [-0.1, -0.05) is 97.1 Å². The van der Waals surface area contributed by atoms with Crippen molar-refractivity contribution in [1.29, 1.82) is 0 Å². The molecule has 4 aromatic carbocycles. The highest BCUT2D eigenvalue weighted by atomic mass is 16.5. The van der Waals surface area contributed by atoms with E-state index in [1.807, 2.05) is 72.8 Å². The molecule has 0 radical (unpaired) electrons. The highest BCUT2D eigenvalue weighted by Gasteiger charge is 2.17. The number of aromatic nitrogens is 4. The summed E-state index contributed by atoms with van der Waals surface area (Å²) in [5, 5.41) is 4.11. The fourth-order valence-corrected chi connectivity index (χ4v) is 7.02. The average Bonchev–Trinajstić information content (AvgIpc) is 3.67. The molecule has 8 heteroatoms. The van der Waals surface area contributed by atoms with Crippen LogP contribution in [0.2, 0.25) is 0 Å². The molecule has 0 saturated heterocycles. The van der Waals surface area contributed by atoms with Crippen LogP contribution in [0.3, 0.4) is 0 Å². The van der Waals surface area contributed by atoms with Crippen LogP contribution in [0, 0.1) is 0 Å². The van der Waals surface area contributed by atoms with Gasteiger partial charge in [0.25, 0.3) is 0 Å². The maximum atomic E-state index is 12.9. The normalized spacial score (nSPS) is 11.5. The van der Waals surface area contributed by atoms with Crippen molar-refractivity contribution >= 4 is 55.6 Å². The molecule has 8 nitrogen and oxygen atoms in total. The van der Waals surface area contributed by atoms with E-state index in [9.17, 15) is 9.59 Å². The molecule has 0 aliphatic heterocycles. The molecule has 0 atom stereocenters. The minimum Gasteiger partial charge on any atom is -0.461 e. The summed E-state index contributed by atoms with van der Waals surface area (Å²) in [6.07, 6.45) is 6.65. The van der Waals surface area contributed by atoms with Gasteiger partial charge in [0.2, 0.25) is 0 Å². The molecule has 0 spiro atoms. The topological polar surface area (TPSA) is 88.2 Å². The Bertz CT molecular complexity index is 2340. The first-order valence-electron chi connectivity index (χ1n) is 17.8. The van der Waals surface area contributed by atoms with Gasteiger partial charge in [-0.25, -0.2) is 19.6 Å². The Labute approximate surface area is 301 Å². The third-order valence-electron chi connectivity index (χ3n) is 9.61. The smallest absolute Gasteiger partial charge is 0.356 e. The first-order valence-corrected chi connectivity index (χ1v) is 17.8. The molecule has 0 N–H and O–H groups in total. The zero-order chi connectivity index (χ0) is 35.3. The van der Waals surface area contributed by atoms with Gasteiger partial charge >= 0.3 is 11.9 Å². The molecule has 4 heterocycles. The molecule has 8 rings (SSSR count). The highest BCUT2D eigenvalue weighted by Crippen LogP contribution is 2.31. The summed E-state index contributed by atoms with van der Waals surface area (Å²) in [7, 11) is 0. The lowest BCUT2D eigenvalue weighted by Crippen LogP contribution is -2.09. The third kappa shape index (κ3) is 6.75. The molecule has 0 amide bonds. The van der Waals surface area contributed by atoms with E-state index in [0.29, 0.717) is 50.5 Å². The molecule has 0 fully saturated rings. The van der Waals surface area contributed by atoms with E-state index < -0.39 is 11.9 Å². The van der Waals surface area contributed by atoms with Gasteiger partial charge in [-0.15, -0.1) is 0 Å². The van der Waals surface area contributed by atoms with E-state index in [-0.39, 0.29) is 0 Å². The van der Waals surface area contributed by atoms with Crippen molar-refractivity contribution in [2.24, 2.45) is 0 Å². The van der Waals surface area contributed by atoms with E-state index >= 15 is 0 Å². The van der Waals surface area contributed by atoms with Crippen molar-refractivity contribution in [1.82, 2.24) is 19.1 Å². The molecule has 0 aliphatic carbocycles. The van der Waals surface area contributed by atoms with E-state index in [0.717, 1.165) is 56.5 Å². The van der Waals surface area contributed by atoms with Gasteiger partial charge < -0.3 is 18.6 Å². The van der Waals surface area contributed by atoms with Crippen molar-refractivity contribution < 1.29 is 19.1 Å². The molecule has 258 valence electrons. The number of fused-ring (bicyclic) bond motifs is 6. The second kappa shape index (κ2) is 14.9. The second-order valence-corrected chi connectivity index (χ2v) is 13.0. The van der Waals surface area contributed by atoms with Crippen LogP contribution in [0.25, 0.3) is 43.6 Å². The number of benzene rings is 4. The zero-order valence-electron chi connectivity index (χ0n) is 28.8. The number of hydrogen-bond acceptors (Lipinski definition) is 6. The standard InChI is InChI=1S/C44H38N4O4/c49-43(37-25-35-33-19-9-11-21-39(33)47(41(35)27-45-37)29-31-15-5-3-6-16-31)51-23-13-1-2-14-24-52-44(50)38-26-36-34-20-10-12-22-40(34)48(42(36)28-46-38)30-32-17-7-4-8-18-32/h3-12,15-22,25-28H,1-2,13-14,23-24,29-30H2. The SMILES string of the molecule is O=C(OCCCCCCOC(=O)c1cc2c3ccccc3n(Cc3ccccc3)c2cn1)c1cc2c3ccccc3n(Cc3ccccc3)c2cn1. The number of rotatable bonds is 13. The quantitative estimate of drug-likeness (QED) is 0.0887. The Morgan fingerprint density at radius 1 is 0.462 bits per heavy atom. The fourth-order valence-electron chi connectivity index (χ4n) is 7.02. The largest absolute Gasteiger partial charge is 0.461 e. The van der Waals surface area contributed by atoms with Gasteiger partial charge in [0.05, 0.1) is 36.6 Å². The minimum atomic E-state index is -0.427. The number of carbonyl (C=O) groups excluding carboxylic acids is 2. The first-order chi connectivity index (χ1) is 25.6. The van der Waals surface area contributed by atoms with E-state index in [2.05, 4.69) is 67.6 Å². The van der Waals surface area contributed by atoms with E-state index in [1.54, 1.807) is 12.4 Å². The number of hydrogen-bond donors (Lipinski definition) is 0. The van der Waals surface area contributed by atoms with Crippen LogP contribution in [-0.2, 0) is 22.6 Å². The lowest BCUT2D eigenvalue weighted by molar-refractivity contribution is 0.0467. The molecular formula is C44H38N4O4. The van der Waals surface area contributed by atoms with E-state index in [4.69, 9.17) is 9.47 Å². The summed E-state index contributed by atoms with van der Waals surface area (Å²) >= 11 is 0. The number of ether oxygens (including phenoxy) is 2. The van der Waals surface area contributed by atoms with Gasteiger partial charge in [-0.05, 0) is 61.1 Å².